The second-order valence-electron chi connectivity index (χ2n) is 4.98. The Balaban J connectivity index is 2.41. The summed E-state index contributed by atoms with van der Waals surface area (Å²) in [5.74, 6) is 1.46. The Hall–Kier alpha value is -0.870. The molecule has 3 N–H and O–H groups in total. The molecule has 0 radical (unpaired) electrons. The standard InChI is InChI=1S/C13H18BrN3/c1-7(2)4-10(15)13-16-11-6-9(14)5-8(3)12(11)17-13/h5-7,10H,4,15H2,1-3H3,(H,16,17). The van der Waals surface area contributed by atoms with Crippen LogP contribution in [0.2, 0.25) is 0 Å². The minimum absolute atomic E-state index is 0.0134. The van der Waals surface area contributed by atoms with Crippen molar-refractivity contribution in [2.75, 3.05) is 0 Å². The maximum Gasteiger partial charge on any atom is 0.124 e. The Morgan fingerprint density at radius 3 is 2.76 bits per heavy atom. The van der Waals surface area contributed by atoms with Gasteiger partial charge in [-0.1, -0.05) is 29.8 Å². The Morgan fingerprint density at radius 2 is 2.12 bits per heavy atom. The van der Waals surface area contributed by atoms with Crippen LogP contribution in [-0.4, -0.2) is 9.97 Å². The van der Waals surface area contributed by atoms with E-state index in [2.05, 4.69) is 52.7 Å². The van der Waals surface area contributed by atoms with Gasteiger partial charge in [0.25, 0.3) is 0 Å². The number of benzene rings is 1. The number of H-pyrrole nitrogens is 1. The van der Waals surface area contributed by atoms with Gasteiger partial charge in [-0.2, -0.15) is 0 Å². The van der Waals surface area contributed by atoms with Crippen molar-refractivity contribution in [3.63, 3.8) is 0 Å². The number of aromatic nitrogens is 2. The summed E-state index contributed by atoms with van der Waals surface area (Å²) < 4.78 is 1.06. The van der Waals surface area contributed by atoms with Crippen LogP contribution in [0.15, 0.2) is 16.6 Å². The molecular weight excluding hydrogens is 278 g/mol. The van der Waals surface area contributed by atoms with Crippen molar-refractivity contribution < 1.29 is 0 Å². The van der Waals surface area contributed by atoms with Crippen LogP contribution in [0.3, 0.4) is 0 Å². The third-order valence-electron chi connectivity index (χ3n) is 2.84. The first-order chi connectivity index (χ1) is 7.97. The smallest absolute Gasteiger partial charge is 0.124 e. The van der Waals surface area contributed by atoms with Crippen molar-refractivity contribution in [1.82, 2.24) is 9.97 Å². The Labute approximate surface area is 110 Å². The third-order valence-corrected chi connectivity index (χ3v) is 3.29. The first-order valence-corrected chi connectivity index (χ1v) is 6.68. The minimum Gasteiger partial charge on any atom is -0.341 e. The van der Waals surface area contributed by atoms with Gasteiger partial charge in [0, 0.05) is 4.47 Å². The molecule has 2 rings (SSSR count). The van der Waals surface area contributed by atoms with E-state index in [9.17, 15) is 0 Å². The molecule has 0 amide bonds. The van der Waals surface area contributed by atoms with Crippen LogP contribution in [0, 0.1) is 12.8 Å². The zero-order valence-electron chi connectivity index (χ0n) is 10.4. The number of imidazole rings is 1. The highest BCUT2D eigenvalue weighted by atomic mass is 79.9. The molecule has 2 aromatic rings. The summed E-state index contributed by atoms with van der Waals surface area (Å²) >= 11 is 3.49. The second kappa shape index (κ2) is 4.78. The average Bonchev–Trinajstić information content (AvgIpc) is 2.60. The summed E-state index contributed by atoms with van der Waals surface area (Å²) in [7, 11) is 0. The molecule has 0 aliphatic rings. The quantitative estimate of drug-likeness (QED) is 0.907. The fourth-order valence-corrected chi connectivity index (χ4v) is 2.63. The summed E-state index contributed by atoms with van der Waals surface area (Å²) in [6.07, 6.45) is 0.944. The topological polar surface area (TPSA) is 54.7 Å². The number of nitrogens with one attached hydrogen (secondary N) is 1. The van der Waals surface area contributed by atoms with Gasteiger partial charge in [-0.05, 0) is 37.0 Å². The fourth-order valence-electron chi connectivity index (χ4n) is 2.06. The lowest BCUT2D eigenvalue weighted by Gasteiger charge is -2.10. The zero-order valence-corrected chi connectivity index (χ0v) is 12.0. The largest absolute Gasteiger partial charge is 0.341 e. The Morgan fingerprint density at radius 1 is 1.41 bits per heavy atom. The van der Waals surface area contributed by atoms with Crippen LogP contribution >= 0.6 is 15.9 Å². The predicted molar refractivity (Wildman–Crippen MR) is 74.9 cm³/mol. The molecule has 3 nitrogen and oxygen atoms in total. The SMILES string of the molecule is Cc1cc(Br)cc2[nH]c(C(N)CC(C)C)nc12. The molecule has 0 spiro atoms. The monoisotopic (exact) mass is 295 g/mol. The summed E-state index contributed by atoms with van der Waals surface area (Å²) in [5, 5.41) is 0. The van der Waals surface area contributed by atoms with Crippen molar-refractivity contribution in [2.45, 2.75) is 33.2 Å². The normalized spacial score (nSPS) is 13.5. The molecule has 1 atom stereocenters. The van der Waals surface area contributed by atoms with E-state index in [4.69, 9.17) is 5.73 Å². The zero-order chi connectivity index (χ0) is 12.6. The third kappa shape index (κ3) is 2.69. The average molecular weight is 296 g/mol. The molecule has 0 aliphatic heterocycles. The van der Waals surface area contributed by atoms with Crippen molar-refractivity contribution in [3.05, 3.63) is 28.0 Å². The van der Waals surface area contributed by atoms with E-state index in [0.29, 0.717) is 5.92 Å². The summed E-state index contributed by atoms with van der Waals surface area (Å²) in [5.41, 5.74) is 9.37. The lowest BCUT2D eigenvalue weighted by Crippen LogP contribution is -2.14. The van der Waals surface area contributed by atoms with Gasteiger partial charge in [0.2, 0.25) is 0 Å². The highest BCUT2D eigenvalue weighted by Gasteiger charge is 2.14. The van der Waals surface area contributed by atoms with Crippen molar-refractivity contribution >= 4 is 27.0 Å². The van der Waals surface area contributed by atoms with Gasteiger partial charge in [0.1, 0.15) is 5.82 Å². The van der Waals surface area contributed by atoms with E-state index in [0.717, 1.165) is 33.3 Å². The van der Waals surface area contributed by atoms with Gasteiger partial charge < -0.3 is 10.7 Å². The summed E-state index contributed by atoms with van der Waals surface area (Å²) in [6, 6.07) is 4.10. The van der Waals surface area contributed by atoms with Crippen LogP contribution in [0.5, 0.6) is 0 Å². The number of rotatable bonds is 3. The first kappa shape index (κ1) is 12.6. The number of aryl methyl sites for hydroxylation is 1. The number of hydrogen-bond donors (Lipinski definition) is 2. The summed E-state index contributed by atoms with van der Waals surface area (Å²) in [4.78, 5) is 7.92. The van der Waals surface area contributed by atoms with E-state index in [-0.39, 0.29) is 6.04 Å². The number of aromatic amines is 1. The van der Waals surface area contributed by atoms with Crippen LogP contribution in [-0.2, 0) is 0 Å². The maximum absolute atomic E-state index is 6.14. The van der Waals surface area contributed by atoms with Crippen LogP contribution in [0.1, 0.15) is 37.7 Å². The van der Waals surface area contributed by atoms with E-state index >= 15 is 0 Å². The fraction of sp³-hybridized carbons (Fsp3) is 0.462. The molecule has 1 heterocycles. The molecule has 0 bridgehead atoms. The van der Waals surface area contributed by atoms with Crippen molar-refractivity contribution in [3.8, 4) is 0 Å². The van der Waals surface area contributed by atoms with Crippen LogP contribution in [0.25, 0.3) is 11.0 Å². The van der Waals surface area contributed by atoms with E-state index in [1.165, 1.54) is 0 Å². The number of nitrogens with two attached hydrogens (primary N) is 1. The molecule has 1 unspecified atom stereocenters. The molecule has 0 aliphatic carbocycles. The molecule has 17 heavy (non-hydrogen) atoms. The lowest BCUT2D eigenvalue weighted by atomic mass is 10.0. The van der Waals surface area contributed by atoms with Gasteiger partial charge in [-0.3, -0.25) is 0 Å². The predicted octanol–water partition coefficient (Wildman–Crippen LogP) is 3.68. The number of nitrogens with zero attached hydrogens (tertiary/aromatic N) is 1. The van der Waals surface area contributed by atoms with Gasteiger partial charge in [-0.25, -0.2) is 4.98 Å². The molecule has 0 saturated heterocycles. The van der Waals surface area contributed by atoms with E-state index < -0.39 is 0 Å². The highest BCUT2D eigenvalue weighted by molar-refractivity contribution is 9.10. The van der Waals surface area contributed by atoms with E-state index in [1.54, 1.807) is 0 Å². The number of halogens is 1. The Bertz CT molecular complexity index is 531. The van der Waals surface area contributed by atoms with E-state index in [1.807, 2.05) is 6.07 Å². The molecule has 92 valence electrons. The second-order valence-corrected chi connectivity index (χ2v) is 5.89. The molecular formula is C13H18BrN3. The summed E-state index contributed by atoms with van der Waals surface area (Å²) in [6.45, 7) is 6.40. The molecule has 0 fully saturated rings. The molecule has 4 heteroatoms. The lowest BCUT2D eigenvalue weighted by molar-refractivity contribution is 0.496. The maximum atomic E-state index is 6.14. The van der Waals surface area contributed by atoms with Gasteiger partial charge >= 0.3 is 0 Å². The van der Waals surface area contributed by atoms with Crippen LogP contribution in [0.4, 0.5) is 0 Å². The minimum atomic E-state index is -0.0134. The first-order valence-electron chi connectivity index (χ1n) is 5.88. The van der Waals surface area contributed by atoms with Gasteiger partial charge in [-0.15, -0.1) is 0 Å². The van der Waals surface area contributed by atoms with Crippen molar-refractivity contribution in [1.29, 1.82) is 0 Å². The Kier molecular flexibility index (Phi) is 3.54. The molecule has 0 saturated carbocycles. The van der Waals surface area contributed by atoms with Crippen LogP contribution < -0.4 is 5.73 Å². The molecule has 1 aromatic heterocycles. The van der Waals surface area contributed by atoms with Gasteiger partial charge in [0.15, 0.2) is 0 Å². The van der Waals surface area contributed by atoms with Crippen molar-refractivity contribution in [2.24, 2.45) is 11.7 Å². The number of hydrogen-bond acceptors (Lipinski definition) is 2. The highest BCUT2D eigenvalue weighted by Crippen LogP contribution is 2.25. The molecule has 1 aromatic carbocycles. The number of fused-ring (bicyclic) bond motifs is 1. The van der Waals surface area contributed by atoms with Gasteiger partial charge in [0.05, 0.1) is 17.1 Å².